The quantitative estimate of drug-likeness (QED) is 0.925. The molecule has 5 nitrogen and oxygen atoms in total. The van der Waals surface area contributed by atoms with Gasteiger partial charge in [0.25, 0.3) is 5.91 Å². The molecule has 5 heteroatoms. The molecule has 2 heterocycles. The van der Waals surface area contributed by atoms with Crippen molar-refractivity contribution >= 4 is 5.91 Å². The third-order valence-electron chi connectivity index (χ3n) is 3.60. The second-order valence-corrected chi connectivity index (χ2v) is 4.96. The maximum absolute atomic E-state index is 12.3. The molecular formula is C15H17N3O2. The molecule has 1 aromatic heterocycles. The van der Waals surface area contributed by atoms with Gasteiger partial charge in [-0.3, -0.25) is 4.79 Å². The van der Waals surface area contributed by atoms with Crippen molar-refractivity contribution < 1.29 is 9.53 Å². The van der Waals surface area contributed by atoms with Crippen LogP contribution in [0.5, 0.6) is 0 Å². The summed E-state index contributed by atoms with van der Waals surface area (Å²) < 4.78 is 7.33. The molecule has 1 aliphatic heterocycles. The molecule has 104 valence electrons. The predicted molar refractivity (Wildman–Crippen MR) is 74.8 cm³/mol. The standard InChI is InChI=1S/C15H17N3O2/c1-11-14(5-8-20-11)17-15(19)12-3-2-4-13(9-12)18-7-6-16-10-18/h2-4,6-7,9-11,14H,5,8H2,1H3,(H,17,19). The van der Waals surface area contributed by atoms with E-state index in [1.54, 1.807) is 12.5 Å². The molecule has 1 aromatic carbocycles. The van der Waals surface area contributed by atoms with Gasteiger partial charge in [-0.25, -0.2) is 4.98 Å². The van der Waals surface area contributed by atoms with Gasteiger partial charge in [0.1, 0.15) is 0 Å². The lowest BCUT2D eigenvalue weighted by Crippen LogP contribution is -2.39. The molecule has 1 N–H and O–H groups in total. The number of hydrogen-bond acceptors (Lipinski definition) is 3. The van der Waals surface area contributed by atoms with Crippen molar-refractivity contribution in [2.24, 2.45) is 0 Å². The summed E-state index contributed by atoms with van der Waals surface area (Å²) >= 11 is 0. The molecule has 0 aliphatic carbocycles. The molecule has 2 unspecified atom stereocenters. The Morgan fingerprint density at radius 1 is 1.50 bits per heavy atom. The maximum atomic E-state index is 12.3. The van der Waals surface area contributed by atoms with E-state index >= 15 is 0 Å². The van der Waals surface area contributed by atoms with Gasteiger partial charge in [0.05, 0.1) is 18.5 Å². The van der Waals surface area contributed by atoms with E-state index in [-0.39, 0.29) is 18.1 Å². The number of imidazole rings is 1. The highest BCUT2D eigenvalue weighted by Gasteiger charge is 2.25. The smallest absolute Gasteiger partial charge is 0.251 e. The van der Waals surface area contributed by atoms with Gasteiger partial charge >= 0.3 is 0 Å². The lowest BCUT2D eigenvalue weighted by Gasteiger charge is -2.16. The molecular weight excluding hydrogens is 254 g/mol. The van der Waals surface area contributed by atoms with Crippen molar-refractivity contribution in [1.29, 1.82) is 0 Å². The summed E-state index contributed by atoms with van der Waals surface area (Å²) in [5.74, 6) is -0.0608. The third-order valence-corrected chi connectivity index (χ3v) is 3.60. The molecule has 1 saturated heterocycles. The van der Waals surface area contributed by atoms with Gasteiger partial charge in [-0.1, -0.05) is 6.07 Å². The van der Waals surface area contributed by atoms with Crippen LogP contribution in [0, 0.1) is 0 Å². The highest BCUT2D eigenvalue weighted by atomic mass is 16.5. The molecule has 0 radical (unpaired) electrons. The van der Waals surface area contributed by atoms with E-state index in [0.717, 1.165) is 12.1 Å². The van der Waals surface area contributed by atoms with E-state index in [1.807, 2.05) is 42.0 Å². The van der Waals surface area contributed by atoms with Crippen molar-refractivity contribution in [2.45, 2.75) is 25.5 Å². The molecule has 20 heavy (non-hydrogen) atoms. The molecule has 3 rings (SSSR count). The number of rotatable bonds is 3. The number of aromatic nitrogens is 2. The van der Waals surface area contributed by atoms with Crippen LogP contribution in [0.3, 0.4) is 0 Å². The lowest BCUT2D eigenvalue weighted by molar-refractivity contribution is 0.0866. The fraction of sp³-hybridized carbons (Fsp3) is 0.333. The molecule has 0 bridgehead atoms. The SMILES string of the molecule is CC1OCCC1NC(=O)c1cccc(-n2ccnc2)c1. The average molecular weight is 271 g/mol. The second-order valence-electron chi connectivity index (χ2n) is 4.96. The molecule has 0 saturated carbocycles. The van der Waals surface area contributed by atoms with Crippen LogP contribution in [0.1, 0.15) is 23.7 Å². The minimum atomic E-state index is -0.0608. The molecule has 0 spiro atoms. The number of amides is 1. The van der Waals surface area contributed by atoms with Crippen molar-refractivity contribution in [2.75, 3.05) is 6.61 Å². The molecule has 2 aromatic rings. The fourth-order valence-corrected chi connectivity index (χ4v) is 2.39. The summed E-state index contributed by atoms with van der Waals surface area (Å²) in [5, 5.41) is 3.03. The number of carbonyl (C=O) groups is 1. The van der Waals surface area contributed by atoms with Gasteiger partial charge in [-0.15, -0.1) is 0 Å². The van der Waals surface area contributed by atoms with E-state index < -0.39 is 0 Å². The van der Waals surface area contributed by atoms with Gasteiger partial charge in [-0.05, 0) is 31.5 Å². The third kappa shape index (κ3) is 2.58. The summed E-state index contributed by atoms with van der Waals surface area (Å²) in [4.78, 5) is 16.3. The maximum Gasteiger partial charge on any atom is 0.251 e. The number of nitrogens with one attached hydrogen (secondary N) is 1. The van der Waals surface area contributed by atoms with E-state index in [2.05, 4.69) is 10.3 Å². The summed E-state index contributed by atoms with van der Waals surface area (Å²) in [7, 11) is 0. The van der Waals surface area contributed by atoms with Gasteiger partial charge < -0.3 is 14.6 Å². The topological polar surface area (TPSA) is 56.1 Å². The lowest BCUT2D eigenvalue weighted by atomic mass is 10.1. The first-order valence-electron chi connectivity index (χ1n) is 6.75. The number of nitrogens with zero attached hydrogens (tertiary/aromatic N) is 2. The van der Waals surface area contributed by atoms with Crippen molar-refractivity contribution in [3.05, 3.63) is 48.5 Å². The summed E-state index contributed by atoms with van der Waals surface area (Å²) in [6.07, 6.45) is 6.22. The Hall–Kier alpha value is -2.14. The van der Waals surface area contributed by atoms with Crippen LogP contribution < -0.4 is 5.32 Å². The number of ether oxygens (including phenoxy) is 1. The minimum absolute atomic E-state index is 0.0608. The molecule has 2 atom stereocenters. The van der Waals surface area contributed by atoms with Crippen molar-refractivity contribution in [3.63, 3.8) is 0 Å². The zero-order chi connectivity index (χ0) is 13.9. The number of carbonyl (C=O) groups excluding carboxylic acids is 1. The highest BCUT2D eigenvalue weighted by Crippen LogP contribution is 2.15. The van der Waals surface area contributed by atoms with Crippen molar-refractivity contribution in [1.82, 2.24) is 14.9 Å². The highest BCUT2D eigenvalue weighted by molar-refractivity contribution is 5.95. The first kappa shape index (κ1) is 12.9. The zero-order valence-corrected chi connectivity index (χ0v) is 11.3. The average Bonchev–Trinajstić information content (AvgIpc) is 3.12. The normalized spacial score (nSPS) is 21.9. The van der Waals surface area contributed by atoms with Gasteiger partial charge in [-0.2, -0.15) is 0 Å². The number of hydrogen-bond donors (Lipinski definition) is 1. The fourth-order valence-electron chi connectivity index (χ4n) is 2.39. The van der Waals surface area contributed by atoms with Crippen LogP contribution in [0.15, 0.2) is 43.0 Å². The number of benzene rings is 1. The Bertz CT molecular complexity index is 595. The molecule has 1 aliphatic rings. The summed E-state index contributed by atoms with van der Waals surface area (Å²) in [5.41, 5.74) is 1.57. The largest absolute Gasteiger partial charge is 0.376 e. The van der Waals surface area contributed by atoms with Crippen molar-refractivity contribution in [3.8, 4) is 5.69 Å². The zero-order valence-electron chi connectivity index (χ0n) is 11.3. The Morgan fingerprint density at radius 3 is 3.10 bits per heavy atom. The van der Waals surface area contributed by atoms with Crippen LogP contribution in [0.2, 0.25) is 0 Å². The Balaban J connectivity index is 1.76. The van der Waals surface area contributed by atoms with Gasteiger partial charge in [0, 0.05) is 30.3 Å². The Morgan fingerprint density at radius 2 is 2.40 bits per heavy atom. The van der Waals surface area contributed by atoms with Gasteiger partial charge in [0.2, 0.25) is 0 Å². The van der Waals surface area contributed by atoms with E-state index in [9.17, 15) is 4.79 Å². The monoisotopic (exact) mass is 271 g/mol. The van der Waals surface area contributed by atoms with Crippen LogP contribution in [0.25, 0.3) is 5.69 Å². The molecule has 1 fully saturated rings. The second kappa shape index (κ2) is 5.46. The first-order chi connectivity index (χ1) is 9.74. The summed E-state index contributed by atoms with van der Waals surface area (Å²) in [6, 6.07) is 7.59. The Labute approximate surface area is 117 Å². The van der Waals surface area contributed by atoms with Crippen LogP contribution in [-0.4, -0.2) is 34.2 Å². The van der Waals surface area contributed by atoms with E-state index in [1.165, 1.54) is 0 Å². The predicted octanol–water partition coefficient (Wildman–Crippen LogP) is 1.78. The first-order valence-corrected chi connectivity index (χ1v) is 6.75. The molecule has 1 amide bonds. The minimum Gasteiger partial charge on any atom is -0.376 e. The van der Waals surface area contributed by atoms with E-state index in [4.69, 9.17) is 4.74 Å². The van der Waals surface area contributed by atoms with Crippen LogP contribution in [-0.2, 0) is 4.74 Å². The summed E-state index contributed by atoms with van der Waals surface area (Å²) in [6.45, 7) is 2.70. The van der Waals surface area contributed by atoms with Crippen LogP contribution in [0.4, 0.5) is 0 Å². The van der Waals surface area contributed by atoms with Crippen LogP contribution >= 0.6 is 0 Å². The Kier molecular flexibility index (Phi) is 3.52. The van der Waals surface area contributed by atoms with Gasteiger partial charge in [0.15, 0.2) is 0 Å². The van der Waals surface area contributed by atoms with E-state index in [0.29, 0.717) is 12.2 Å².